The van der Waals surface area contributed by atoms with Crippen molar-refractivity contribution < 1.29 is 19.4 Å². The van der Waals surface area contributed by atoms with Crippen LogP contribution in [-0.2, 0) is 9.53 Å². The van der Waals surface area contributed by atoms with Crippen molar-refractivity contribution in [1.29, 1.82) is 0 Å². The van der Waals surface area contributed by atoms with E-state index < -0.39 is 18.0 Å². The number of carboxylic acids is 1. The summed E-state index contributed by atoms with van der Waals surface area (Å²) in [5.74, 6) is -1.69. The first kappa shape index (κ1) is 8.74. The van der Waals surface area contributed by atoms with Crippen LogP contribution in [0.1, 0.15) is 27.6 Å². The van der Waals surface area contributed by atoms with E-state index in [4.69, 9.17) is 9.84 Å². The molecule has 0 bridgehead atoms. The minimum absolute atomic E-state index is 0.389. The largest absolute Gasteiger partial charge is 0.478 e. The first-order chi connectivity index (χ1) is 6.61. The number of aryl methyl sites for hydroxylation is 1. The molecule has 4 heteroatoms. The quantitative estimate of drug-likeness (QED) is 0.681. The van der Waals surface area contributed by atoms with Gasteiger partial charge in [-0.05, 0) is 12.5 Å². The highest BCUT2D eigenvalue weighted by Crippen LogP contribution is 2.32. The lowest BCUT2D eigenvalue weighted by atomic mass is 10.0. The molecule has 1 atom stereocenters. The lowest BCUT2D eigenvalue weighted by Gasteiger charge is -2.03. The van der Waals surface area contributed by atoms with Crippen molar-refractivity contribution in [3.05, 3.63) is 34.9 Å². The van der Waals surface area contributed by atoms with Crippen molar-refractivity contribution in [2.24, 2.45) is 0 Å². The van der Waals surface area contributed by atoms with Crippen molar-refractivity contribution in [2.75, 3.05) is 0 Å². The van der Waals surface area contributed by atoms with Gasteiger partial charge in [0.25, 0.3) is 0 Å². The molecule has 1 heterocycles. The number of carbonyl (C=O) groups is 2. The Morgan fingerprint density at radius 3 is 2.86 bits per heavy atom. The fourth-order valence-corrected chi connectivity index (χ4v) is 1.60. The van der Waals surface area contributed by atoms with E-state index in [1.165, 1.54) is 0 Å². The van der Waals surface area contributed by atoms with Gasteiger partial charge in [0, 0.05) is 5.56 Å². The van der Waals surface area contributed by atoms with Crippen molar-refractivity contribution >= 4 is 11.9 Å². The second kappa shape index (κ2) is 2.83. The van der Waals surface area contributed by atoms with Gasteiger partial charge >= 0.3 is 11.9 Å². The van der Waals surface area contributed by atoms with Crippen LogP contribution in [0.25, 0.3) is 0 Å². The van der Waals surface area contributed by atoms with Crippen molar-refractivity contribution in [3.8, 4) is 0 Å². The van der Waals surface area contributed by atoms with Crippen LogP contribution < -0.4 is 0 Å². The maximum atomic E-state index is 11.3. The van der Waals surface area contributed by atoms with Gasteiger partial charge in [0.2, 0.25) is 6.10 Å². The summed E-state index contributed by atoms with van der Waals surface area (Å²) in [4.78, 5) is 22.1. The summed E-state index contributed by atoms with van der Waals surface area (Å²) in [5.41, 5.74) is 1.58. The molecule has 0 aromatic heterocycles. The second-order valence-corrected chi connectivity index (χ2v) is 3.16. The van der Waals surface area contributed by atoms with Gasteiger partial charge in [0.15, 0.2) is 0 Å². The van der Waals surface area contributed by atoms with E-state index in [-0.39, 0.29) is 0 Å². The predicted octanol–water partition coefficient (Wildman–Crippen LogP) is 1.29. The third-order valence-electron chi connectivity index (χ3n) is 2.24. The van der Waals surface area contributed by atoms with Crippen LogP contribution in [-0.4, -0.2) is 17.0 Å². The van der Waals surface area contributed by atoms with Gasteiger partial charge in [0.05, 0.1) is 5.56 Å². The van der Waals surface area contributed by atoms with Gasteiger partial charge in [0.1, 0.15) is 0 Å². The smallest absolute Gasteiger partial charge is 0.349 e. The Bertz CT molecular complexity index is 422. The molecule has 1 unspecified atom stereocenters. The fourth-order valence-electron chi connectivity index (χ4n) is 1.60. The number of benzene rings is 1. The van der Waals surface area contributed by atoms with E-state index in [2.05, 4.69) is 0 Å². The van der Waals surface area contributed by atoms with Gasteiger partial charge in [-0.1, -0.05) is 18.2 Å². The number of cyclic esters (lactones) is 1. The van der Waals surface area contributed by atoms with Crippen molar-refractivity contribution in [1.82, 2.24) is 0 Å². The Morgan fingerprint density at radius 2 is 2.21 bits per heavy atom. The molecule has 1 aromatic rings. The summed E-state index contributed by atoms with van der Waals surface area (Å²) in [6.07, 6.45) is -1.14. The molecule has 4 nitrogen and oxygen atoms in total. The van der Waals surface area contributed by atoms with E-state index in [0.29, 0.717) is 11.1 Å². The van der Waals surface area contributed by atoms with E-state index in [0.717, 1.165) is 5.56 Å². The van der Waals surface area contributed by atoms with Gasteiger partial charge in [-0.15, -0.1) is 0 Å². The number of carbonyl (C=O) groups excluding carboxylic acids is 1. The number of esters is 1. The van der Waals surface area contributed by atoms with Crippen LogP contribution in [0.2, 0.25) is 0 Å². The standard InChI is InChI=1S/C10H8O4/c1-5-3-2-4-6-7(5)10(13)14-8(6)9(11)12/h2-4,8H,1H3,(H,11,12). The highest BCUT2D eigenvalue weighted by molar-refractivity contribution is 5.99. The highest BCUT2D eigenvalue weighted by Gasteiger charge is 2.36. The van der Waals surface area contributed by atoms with E-state index in [1.54, 1.807) is 25.1 Å². The lowest BCUT2D eigenvalue weighted by Crippen LogP contribution is -2.10. The molecule has 1 aliphatic heterocycles. The number of hydrogen-bond donors (Lipinski definition) is 1. The molecular weight excluding hydrogens is 184 g/mol. The zero-order valence-electron chi connectivity index (χ0n) is 7.48. The lowest BCUT2D eigenvalue weighted by molar-refractivity contribution is -0.146. The Hall–Kier alpha value is -1.84. The molecule has 14 heavy (non-hydrogen) atoms. The summed E-state index contributed by atoms with van der Waals surface area (Å²) in [7, 11) is 0. The minimum Gasteiger partial charge on any atom is -0.478 e. The number of aliphatic carboxylic acids is 1. The number of ether oxygens (including phenoxy) is 1. The van der Waals surface area contributed by atoms with Crippen LogP contribution in [0.15, 0.2) is 18.2 Å². The summed E-state index contributed by atoms with van der Waals surface area (Å²) in [6.45, 7) is 1.75. The molecule has 0 spiro atoms. The van der Waals surface area contributed by atoms with Crippen LogP contribution in [0, 0.1) is 6.92 Å². The molecule has 1 N–H and O–H groups in total. The number of rotatable bonds is 1. The molecule has 0 saturated carbocycles. The Balaban J connectivity index is 2.60. The summed E-state index contributed by atoms with van der Waals surface area (Å²) in [5, 5.41) is 8.79. The normalized spacial score (nSPS) is 18.9. The molecule has 2 rings (SSSR count). The maximum Gasteiger partial charge on any atom is 0.349 e. The average molecular weight is 192 g/mol. The van der Waals surface area contributed by atoms with Gasteiger partial charge < -0.3 is 9.84 Å². The van der Waals surface area contributed by atoms with E-state index in [1.807, 2.05) is 0 Å². The molecule has 0 saturated heterocycles. The molecule has 1 aromatic carbocycles. The maximum absolute atomic E-state index is 11.3. The monoisotopic (exact) mass is 192 g/mol. The minimum atomic E-state index is -1.14. The molecule has 1 aliphatic rings. The van der Waals surface area contributed by atoms with Crippen LogP contribution in [0.4, 0.5) is 0 Å². The van der Waals surface area contributed by atoms with Gasteiger partial charge in [-0.3, -0.25) is 0 Å². The zero-order chi connectivity index (χ0) is 10.3. The van der Waals surface area contributed by atoms with Gasteiger partial charge in [-0.25, -0.2) is 9.59 Å². The Morgan fingerprint density at radius 1 is 1.50 bits per heavy atom. The predicted molar refractivity (Wildman–Crippen MR) is 47.0 cm³/mol. The molecule has 0 radical (unpaired) electrons. The van der Waals surface area contributed by atoms with E-state index in [9.17, 15) is 9.59 Å². The topological polar surface area (TPSA) is 63.6 Å². The summed E-state index contributed by atoms with van der Waals surface area (Å²) >= 11 is 0. The number of carboxylic acid groups (broad SMARTS) is 1. The summed E-state index contributed by atoms with van der Waals surface area (Å²) in [6, 6.07) is 5.07. The molecule has 0 aliphatic carbocycles. The van der Waals surface area contributed by atoms with Crippen molar-refractivity contribution in [2.45, 2.75) is 13.0 Å². The second-order valence-electron chi connectivity index (χ2n) is 3.16. The number of fused-ring (bicyclic) bond motifs is 1. The SMILES string of the molecule is Cc1cccc2c1C(=O)OC2C(=O)O. The fraction of sp³-hybridized carbons (Fsp3) is 0.200. The third-order valence-corrected chi connectivity index (χ3v) is 2.24. The Labute approximate surface area is 80.1 Å². The molecule has 0 amide bonds. The summed E-state index contributed by atoms with van der Waals surface area (Å²) < 4.78 is 4.74. The van der Waals surface area contributed by atoms with Crippen LogP contribution in [0.3, 0.4) is 0 Å². The average Bonchev–Trinajstić information content (AvgIpc) is 2.45. The first-order valence-corrected chi connectivity index (χ1v) is 4.14. The third kappa shape index (κ3) is 1.08. The van der Waals surface area contributed by atoms with Crippen molar-refractivity contribution in [3.63, 3.8) is 0 Å². The highest BCUT2D eigenvalue weighted by atomic mass is 16.6. The van der Waals surface area contributed by atoms with E-state index >= 15 is 0 Å². The van der Waals surface area contributed by atoms with Crippen LogP contribution in [0.5, 0.6) is 0 Å². The molecule has 72 valence electrons. The zero-order valence-corrected chi connectivity index (χ0v) is 7.48. The molecular formula is C10H8O4. The Kier molecular flexibility index (Phi) is 1.77. The van der Waals surface area contributed by atoms with Gasteiger partial charge in [-0.2, -0.15) is 0 Å². The number of hydrogen-bond acceptors (Lipinski definition) is 3. The molecule has 0 fully saturated rings. The van der Waals surface area contributed by atoms with Crippen LogP contribution >= 0.6 is 0 Å². The first-order valence-electron chi connectivity index (χ1n) is 4.14.